The zero-order valence-electron chi connectivity index (χ0n) is 11.4. The quantitative estimate of drug-likeness (QED) is 0.785. The standard InChI is InChI=1S/C15H17N5/c1-2-3-8-17-14-7-9-18-15(20-14)19-13-6-4-5-12(10-13)11-16/h4-7,9-10H,2-3,8H2,1H3,(H2,17,18,19,20). The molecule has 1 heterocycles. The summed E-state index contributed by atoms with van der Waals surface area (Å²) >= 11 is 0. The molecule has 0 amide bonds. The first-order chi connectivity index (χ1) is 9.81. The van der Waals surface area contributed by atoms with E-state index >= 15 is 0 Å². The fraction of sp³-hybridized carbons (Fsp3) is 0.267. The van der Waals surface area contributed by atoms with Gasteiger partial charge in [-0.1, -0.05) is 19.4 Å². The SMILES string of the molecule is CCCCNc1ccnc(Nc2cccc(C#N)c2)n1. The largest absolute Gasteiger partial charge is 0.370 e. The minimum absolute atomic E-state index is 0.515. The number of nitriles is 1. The fourth-order valence-corrected chi connectivity index (χ4v) is 1.71. The third-order valence-electron chi connectivity index (χ3n) is 2.74. The van der Waals surface area contributed by atoms with Crippen LogP contribution >= 0.6 is 0 Å². The minimum atomic E-state index is 0.515. The Kier molecular flexibility index (Phi) is 4.90. The lowest BCUT2D eigenvalue weighted by atomic mass is 10.2. The molecule has 0 radical (unpaired) electrons. The van der Waals surface area contributed by atoms with E-state index in [1.54, 1.807) is 18.3 Å². The lowest BCUT2D eigenvalue weighted by molar-refractivity contribution is 0.830. The van der Waals surface area contributed by atoms with Gasteiger partial charge in [0, 0.05) is 18.4 Å². The Morgan fingerprint density at radius 3 is 3.00 bits per heavy atom. The Morgan fingerprint density at radius 2 is 2.20 bits per heavy atom. The smallest absolute Gasteiger partial charge is 0.229 e. The zero-order valence-corrected chi connectivity index (χ0v) is 11.4. The van der Waals surface area contributed by atoms with E-state index < -0.39 is 0 Å². The normalized spacial score (nSPS) is 9.80. The van der Waals surface area contributed by atoms with Gasteiger partial charge in [0.25, 0.3) is 0 Å². The van der Waals surface area contributed by atoms with Gasteiger partial charge >= 0.3 is 0 Å². The molecular formula is C15H17N5. The molecule has 0 fully saturated rings. The molecule has 0 atom stereocenters. The summed E-state index contributed by atoms with van der Waals surface area (Å²) in [6.07, 6.45) is 3.96. The summed E-state index contributed by atoms with van der Waals surface area (Å²) in [7, 11) is 0. The summed E-state index contributed by atoms with van der Waals surface area (Å²) in [5.74, 6) is 1.31. The highest BCUT2D eigenvalue weighted by molar-refractivity contribution is 5.57. The lowest BCUT2D eigenvalue weighted by Crippen LogP contribution is -2.05. The molecule has 2 rings (SSSR count). The predicted molar refractivity (Wildman–Crippen MR) is 79.9 cm³/mol. The number of hydrogen-bond donors (Lipinski definition) is 2. The Labute approximate surface area is 118 Å². The summed E-state index contributed by atoms with van der Waals surface area (Å²) in [6.45, 7) is 3.05. The van der Waals surface area contributed by atoms with Crippen LogP contribution in [0.5, 0.6) is 0 Å². The molecule has 0 aliphatic rings. The van der Waals surface area contributed by atoms with Gasteiger partial charge < -0.3 is 10.6 Å². The Morgan fingerprint density at radius 1 is 1.30 bits per heavy atom. The molecule has 1 aromatic carbocycles. The summed E-state index contributed by atoms with van der Waals surface area (Å²) in [5.41, 5.74) is 1.40. The number of benzene rings is 1. The van der Waals surface area contributed by atoms with Crippen LogP contribution in [0.15, 0.2) is 36.5 Å². The van der Waals surface area contributed by atoms with Crippen molar-refractivity contribution in [3.63, 3.8) is 0 Å². The van der Waals surface area contributed by atoms with E-state index in [0.29, 0.717) is 11.5 Å². The van der Waals surface area contributed by atoms with Crippen LogP contribution in [-0.4, -0.2) is 16.5 Å². The van der Waals surface area contributed by atoms with Crippen LogP contribution in [0.25, 0.3) is 0 Å². The number of aromatic nitrogens is 2. The Bertz CT molecular complexity index is 603. The summed E-state index contributed by atoms with van der Waals surface area (Å²) in [5, 5.41) is 15.2. The van der Waals surface area contributed by atoms with Gasteiger partial charge in [0.15, 0.2) is 0 Å². The van der Waals surface area contributed by atoms with E-state index in [9.17, 15) is 0 Å². The van der Waals surface area contributed by atoms with E-state index in [4.69, 9.17) is 5.26 Å². The molecule has 102 valence electrons. The number of nitrogens with zero attached hydrogens (tertiary/aromatic N) is 3. The third kappa shape index (κ3) is 3.95. The van der Waals surface area contributed by atoms with Gasteiger partial charge in [0.05, 0.1) is 11.6 Å². The number of rotatable bonds is 6. The van der Waals surface area contributed by atoms with Crippen molar-refractivity contribution in [2.75, 3.05) is 17.2 Å². The highest BCUT2D eigenvalue weighted by atomic mass is 15.1. The zero-order chi connectivity index (χ0) is 14.2. The van der Waals surface area contributed by atoms with Gasteiger partial charge in [0.1, 0.15) is 5.82 Å². The minimum Gasteiger partial charge on any atom is -0.370 e. The maximum Gasteiger partial charge on any atom is 0.229 e. The van der Waals surface area contributed by atoms with Crippen molar-refractivity contribution >= 4 is 17.5 Å². The maximum absolute atomic E-state index is 8.87. The summed E-state index contributed by atoms with van der Waals surface area (Å²) < 4.78 is 0. The predicted octanol–water partition coefficient (Wildman–Crippen LogP) is 3.30. The molecule has 2 aromatic rings. The van der Waals surface area contributed by atoms with E-state index in [2.05, 4.69) is 33.6 Å². The van der Waals surface area contributed by atoms with E-state index in [1.165, 1.54) is 0 Å². The second-order valence-electron chi connectivity index (χ2n) is 4.36. The summed E-state index contributed by atoms with van der Waals surface area (Å²) in [6, 6.07) is 11.2. The number of hydrogen-bond acceptors (Lipinski definition) is 5. The van der Waals surface area contributed by atoms with Gasteiger partial charge in [0.2, 0.25) is 5.95 Å². The molecule has 1 aromatic heterocycles. The van der Waals surface area contributed by atoms with Crippen LogP contribution in [0.2, 0.25) is 0 Å². The van der Waals surface area contributed by atoms with Crippen LogP contribution < -0.4 is 10.6 Å². The summed E-state index contributed by atoms with van der Waals surface area (Å²) in [4.78, 5) is 8.55. The van der Waals surface area contributed by atoms with Gasteiger partial charge in [-0.25, -0.2) is 4.98 Å². The number of unbranched alkanes of at least 4 members (excludes halogenated alkanes) is 1. The molecule has 0 aliphatic carbocycles. The molecular weight excluding hydrogens is 250 g/mol. The molecule has 0 spiro atoms. The molecule has 20 heavy (non-hydrogen) atoms. The van der Waals surface area contributed by atoms with Gasteiger partial charge in [-0.15, -0.1) is 0 Å². The maximum atomic E-state index is 8.87. The van der Waals surface area contributed by atoms with Crippen molar-refractivity contribution in [3.05, 3.63) is 42.1 Å². The highest BCUT2D eigenvalue weighted by Crippen LogP contribution is 2.15. The second-order valence-corrected chi connectivity index (χ2v) is 4.36. The molecule has 5 heteroatoms. The van der Waals surface area contributed by atoms with Crippen LogP contribution in [-0.2, 0) is 0 Å². The van der Waals surface area contributed by atoms with Gasteiger partial charge in [-0.2, -0.15) is 10.2 Å². The topological polar surface area (TPSA) is 73.6 Å². The average Bonchev–Trinajstić information content (AvgIpc) is 2.48. The van der Waals surface area contributed by atoms with Crippen LogP contribution in [0.1, 0.15) is 25.3 Å². The third-order valence-corrected chi connectivity index (χ3v) is 2.74. The van der Waals surface area contributed by atoms with Crippen molar-refractivity contribution in [2.24, 2.45) is 0 Å². The molecule has 2 N–H and O–H groups in total. The first kappa shape index (κ1) is 13.8. The molecule has 0 unspecified atom stereocenters. The van der Waals surface area contributed by atoms with E-state index in [-0.39, 0.29) is 0 Å². The lowest BCUT2D eigenvalue weighted by Gasteiger charge is -2.08. The average molecular weight is 267 g/mol. The van der Waals surface area contributed by atoms with Gasteiger partial charge in [-0.05, 0) is 30.7 Å². The first-order valence-electron chi connectivity index (χ1n) is 6.66. The number of anilines is 3. The van der Waals surface area contributed by atoms with Crippen molar-refractivity contribution in [2.45, 2.75) is 19.8 Å². The van der Waals surface area contributed by atoms with Crippen LogP contribution in [0.3, 0.4) is 0 Å². The van der Waals surface area contributed by atoms with Crippen molar-refractivity contribution in [3.8, 4) is 6.07 Å². The molecule has 5 nitrogen and oxygen atoms in total. The molecule has 0 saturated heterocycles. The Hall–Kier alpha value is -2.61. The van der Waals surface area contributed by atoms with Gasteiger partial charge in [-0.3, -0.25) is 0 Å². The van der Waals surface area contributed by atoms with Crippen LogP contribution in [0, 0.1) is 11.3 Å². The van der Waals surface area contributed by atoms with Crippen molar-refractivity contribution in [1.82, 2.24) is 9.97 Å². The van der Waals surface area contributed by atoms with Crippen molar-refractivity contribution < 1.29 is 0 Å². The molecule has 0 aliphatic heterocycles. The molecule has 0 bridgehead atoms. The Balaban J connectivity index is 2.05. The number of nitrogens with one attached hydrogen (secondary N) is 2. The van der Waals surface area contributed by atoms with Crippen molar-refractivity contribution in [1.29, 1.82) is 5.26 Å². The second kappa shape index (κ2) is 7.10. The van der Waals surface area contributed by atoms with E-state index in [0.717, 1.165) is 30.9 Å². The monoisotopic (exact) mass is 267 g/mol. The molecule has 0 saturated carbocycles. The van der Waals surface area contributed by atoms with E-state index in [1.807, 2.05) is 18.2 Å². The fourth-order valence-electron chi connectivity index (χ4n) is 1.71. The first-order valence-corrected chi connectivity index (χ1v) is 6.66. The van der Waals surface area contributed by atoms with Crippen LogP contribution in [0.4, 0.5) is 17.5 Å². The highest BCUT2D eigenvalue weighted by Gasteiger charge is 2.00.